The Morgan fingerprint density at radius 2 is 2.22 bits per heavy atom. The molecule has 0 amide bonds. The van der Waals surface area contributed by atoms with Gasteiger partial charge in [-0.2, -0.15) is 4.98 Å². The summed E-state index contributed by atoms with van der Waals surface area (Å²) in [5.41, 5.74) is 6.70. The van der Waals surface area contributed by atoms with Gasteiger partial charge >= 0.3 is 5.97 Å². The van der Waals surface area contributed by atoms with Gasteiger partial charge in [0.2, 0.25) is 5.69 Å². The van der Waals surface area contributed by atoms with Gasteiger partial charge in [-0.05, 0) is 25.1 Å². The summed E-state index contributed by atoms with van der Waals surface area (Å²) in [5.74, 6) is -0.238. The van der Waals surface area contributed by atoms with E-state index in [1.165, 1.54) is 4.52 Å². The van der Waals surface area contributed by atoms with E-state index >= 15 is 0 Å². The summed E-state index contributed by atoms with van der Waals surface area (Å²) >= 11 is 0. The lowest BCUT2D eigenvalue weighted by Gasteiger charge is -2.02. The van der Waals surface area contributed by atoms with E-state index < -0.39 is 11.5 Å². The van der Waals surface area contributed by atoms with Crippen molar-refractivity contribution in [3.8, 4) is 0 Å². The first-order valence-electron chi connectivity index (χ1n) is 6.87. The van der Waals surface area contributed by atoms with Gasteiger partial charge in [-0.15, -0.1) is 0 Å². The number of esters is 1. The highest BCUT2D eigenvalue weighted by Gasteiger charge is 2.17. The molecule has 2 heterocycles. The highest BCUT2D eigenvalue weighted by atomic mass is 16.5. The summed E-state index contributed by atoms with van der Waals surface area (Å²) in [4.78, 5) is 36.0. The minimum atomic E-state index is -0.786. The van der Waals surface area contributed by atoms with Crippen LogP contribution in [-0.2, 0) is 4.74 Å². The number of rotatable bonds is 3. The maximum Gasteiger partial charge on any atom is 0.362 e. The third-order valence-corrected chi connectivity index (χ3v) is 3.28. The molecule has 0 aliphatic carbocycles. The molecule has 0 bridgehead atoms. The van der Waals surface area contributed by atoms with Crippen molar-refractivity contribution in [3.05, 3.63) is 39.8 Å². The molecule has 1 aromatic carbocycles. The standard InChI is InChI=1S/C14H14N6O3/c1-3-23-13(22)10-12(21)19-20-9-6-7(11(15)16-2)4-5-8(9)17-14(20)18-10/h4-6H,3H2,1-2H3,(H2,15,16)(H,19,21). The number of H-pyrrole nitrogens is 1. The van der Waals surface area contributed by atoms with Crippen molar-refractivity contribution in [2.45, 2.75) is 6.92 Å². The highest BCUT2D eigenvalue weighted by Crippen LogP contribution is 2.16. The molecule has 9 nitrogen and oxygen atoms in total. The second-order valence-corrected chi connectivity index (χ2v) is 4.68. The number of carbonyl (C=O) groups is 1. The number of nitrogens with two attached hydrogens (primary N) is 1. The first-order valence-corrected chi connectivity index (χ1v) is 6.87. The Morgan fingerprint density at radius 3 is 2.91 bits per heavy atom. The van der Waals surface area contributed by atoms with Gasteiger partial charge in [-0.25, -0.2) is 14.3 Å². The van der Waals surface area contributed by atoms with Crippen LogP contribution in [0.1, 0.15) is 23.0 Å². The SMILES string of the molecule is CCOC(=O)c1nc2nc3ccc(C(N)=NC)cc3n2[nH]c1=O. The second-order valence-electron chi connectivity index (χ2n) is 4.68. The molecule has 23 heavy (non-hydrogen) atoms. The molecule has 3 aromatic rings. The largest absolute Gasteiger partial charge is 0.461 e. The number of benzene rings is 1. The van der Waals surface area contributed by atoms with Crippen LogP contribution in [0.4, 0.5) is 0 Å². The van der Waals surface area contributed by atoms with Crippen molar-refractivity contribution in [2.75, 3.05) is 13.7 Å². The number of fused-ring (bicyclic) bond motifs is 3. The molecule has 118 valence electrons. The number of aliphatic imine (C=N–C) groups is 1. The molecule has 0 atom stereocenters. The smallest absolute Gasteiger partial charge is 0.362 e. The fourth-order valence-electron chi connectivity index (χ4n) is 2.18. The zero-order chi connectivity index (χ0) is 16.6. The van der Waals surface area contributed by atoms with Crippen LogP contribution in [-0.4, -0.2) is 45.0 Å². The molecule has 9 heteroatoms. The lowest BCUT2D eigenvalue weighted by Crippen LogP contribution is -2.24. The molecule has 0 saturated heterocycles. The van der Waals surface area contributed by atoms with Crippen LogP contribution in [0, 0.1) is 0 Å². The monoisotopic (exact) mass is 314 g/mol. The Morgan fingerprint density at radius 1 is 1.43 bits per heavy atom. The average molecular weight is 314 g/mol. The first kappa shape index (κ1) is 14.7. The third-order valence-electron chi connectivity index (χ3n) is 3.28. The van der Waals surface area contributed by atoms with Gasteiger partial charge in [0, 0.05) is 12.6 Å². The van der Waals surface area contributed by atoms with Gasteiger partial charge < -0.3 is 10.5 Å². The summed E-state index contributed by atoms with van der Waals surface area (Å²) in [6, 6.07) is 5.24. The third kappa shape index (κ3) is 2.41. The van der Waals surface area contributed by atoms with Crippen LogP contribution in [0.5, 0.6) is 0 Å². The van der Waals surface area contributed by atoms with E-state index in [-0.39, 0.29) is 18.1 Å². The molecule has 3 rings (SSSR count). The molecule has 2 aromatic heterocycles. The number of nitrogens with one attached hydrogen (secondary N) is 1. The lowest BCUT2D eigenvalue weighted by molar-refractivity contribution is 0.0517. The number of nitrogens with zero attached hydrogens (tertiary/aromatic N) is 4. The number of carbonyl (C=O) groups excluding carboxylic acids is 1. The zero-order valence-corrected chi connectivity index (χ0v) is 12.5. The number of amidine groups is 1. The van der Waals surface area contributed by atoms with Crippen LogP contribution < -0.4 is 11.3 Å². The maximum atomic E-state index is 12.1. The van der Waals surface area contributed by atoms with Gasteiger partial charge in [0.25, 0.3) is 11.3 Å². The van der Waals surface area contributed by atoms with Crippen LogP contribution in [0.25, 0.3) is 16.8 Å². The second kappa shape index (κ2) is 5.52. The Bertz CT molecular complexity index is 1000. The van der Waals surface area contributed by atoms with Crippen molar-refractivity contribution >= 4 is 28.6 Å². The summed E-state index contributed by atoms with van der Waals surface area (Å²) < 4.78 is 6.20. The normalized spacial score (nSPS) is 12.0. The Labute approximate surface area is 129 Å². The summed E-state index contributed by atoms with van der Waals surface area (Å²) in [6.45, 7) is 1.80. The average Bonchev–Trinajstić information content (AvgIpc) is 2.90. The molecule has 0 saturated carbocycles. The molecule has 0 fully saturated rings. The van der Waals surface area contributed by atoms with Crippen molar-refractivity contribution in [3.63, 3.8) is 0 Å². The number of hydrogen-bond donors (Lipinski definition) is 2. The number of aromatic amines is 1. The molecule has 0 aliphatic heterocycles. The zero-order valence-electron chi connectivity index (χ0n) is 12.5. The molecule has 0 radical (unpaired) electrons. The Hall–Kier alpha value is -3.23. The lowest BCUT2D eigenvalue weighted by atomic mass is 10.2. The van der Waals surface area contributed by atoms with Crippen LogP contribution in [0.3, 0.4) is 0 Å². The maximum absolute atomic E-state index is 12.1. The minimum absolute atomic E-state index is 0.153. The molecular formula is C14H14N6O3. The quantitative estimate of drug-likeness (QED) is 0.400. The Balaban J connectivity index is 2.25. The van der Waals surface area contributed by atoms with Crippen molar-refractivity contribution in [1.29, 1.82) is 0 Å². The van der Waals surface area contributed by atoms with E-state index in [9.17, 15) is 9.59 Å². The van der Waals surface area contributed by atoms with Gasteiger partial charge in [0.15, 0.2) is 0 Å². The molecular weight excluding hydrogens is 300 g/mol. The van der Waals surface area contributed by atoms with Crippen molar-refractivity contribution in [1.82, 2.24) is 19.6 Å². The topological polar surface area (TPSA) is 128 Å². The van der Waals surface area contributed by atoms with Gasteiger partial charge in [-0.3, -0.25) is 14.9 Å². The molecule has 0 unspecified atom stereocenters. The van der Waals surface area contributed by atoms with Crippen LogP contribution in [0.15, 0.2) is 28.0 Å². The van der Waals surface area contributed by atoms with E-state index in [1.807, 2.05) is 0 Å². The summed E-state index contributed by atoms with van der Waals surface area (Å²) in [5, 5.41) is 2.56. The fraction of sp³-hybridized carbons (Fsp3) is 0.214. The summed E-state index contributed by atoms with van der Waals surface area (Å²) in [6.07, 6.45) is 0. The number of aromatic nitrogens is 4. The van der Waals surface area contributed by atoms with Gasteiger partial charge in [-0.1, -0.05) is 0 Å². The van der Waals surface area contributed by atoms with Gasteiger partial charge in [0.05, 0.1) is 17.6 Å². The summed E-state index contributed by atoms with van der Waals surface area (Å²) in [7, 11) is 1.59. The predicted molar refractivity (Wildman–Crippen MR) is 83.7 cm³/mol. The van der Waals surface area contributed by atoms with E-state index in [0.29, 0.717) is 22.4 Å². The van der Waals surface area contributed by atoms with Gasteiger partial charge in [0.1, 0.15) is 5.84 Å². The van der Waals surface area contributed by atoms with E-state index in [2.05, 4.69) is 20.1 Å². The highest BCUT2D eigenvalue weighted by molar-refractivity contribution is 6.00. The van der Waals surface area contributed by atoms with E-state index in [0.717, 1.165) is 0 Å². The molecule has 0 aliphatic rings. The Kier molecular flexibility index (Phi) is 3.53. The number of imidazole rings is 1. The molecule has 3 N–H and O–H groups in total. The fourth-order valence-corrected chi connectivity index (χ4v) is 2.18. The minimum Gasteiger partial charge on any atom is -0.461 e. The van der Waals surface area contributed by atoms with Crippen LogP contribution >= 0.6 is 0 Å². The van der Waals surface area contributed by atoms with Crippen molar-refractivity contribution in [2.24, 2.45) is 10.7 Å². The molecule has 0 spiro atoms. The van der Waals surface area contributed by atoms with E-state index in [1.54, 1.807) is 32.2 Å². The van der Waals surface area contributed by atoms with E-state index in [4.69, 9.17) is 10.5 Å². The van der Waals surface area contributed by atoms with Crippen LogP contribution in [0.2, 0.25) is 0 Å². The first-order chi connectivity index (χ1) is 11.0. The number of hydrogen-bond acceptors (Lipinski definition) is 6. The van der Waals surface area contributed by atoms with Crippen molar-refractivity contribution < 1.29 is 9.53 Å². The number of ether oxygens (including phenoxy) is 1. The predicted octanol–water partition coefficient (Wildman–Crippen LogP) is 0.0826.